The largest absolute Gasteiger partial charge is 0.493 e. The van der Waals surface area contributed by atoms with Crippen LogP contribution in [0.3, 0.4) is 0 Å². The van der Waals surface area contributed by atoms with Crippen molar-refractivity contribution in [3.05, 3.63) is 52.6 Å². The zero-order valence-corrected chi connectivity index (χ0v) is 14.9. The molecule has 2 aliphatic rings. The van der Waals surface area contributed by atoms with Crippen LogP contribution >= 0.6 is 0 Å². The Labute approximate surface area is 148 Å². The molecule has 2 aromatic rings. The summed E-state index contributed by atoms with van der Waals surface area (Å²) in [7, 11) is 5.35. The zero-order valence-electron chi connectivity index (χ0n) is 14.9. The molecule has 0 spiro atoms. The van der Waals surface area contributed by atoms with E-state index in [0.717, 1.165) is 48.7 Å². The Morgan fingerprint density at radius 1 is 1.08 bits per heavy atom. The Kier molecular flexibility index (Phi) is 3.99. The molecule has 0 aliphatic carbocycles. The standard InChI is InChI=1S/C20H23N3O2/c1-23-12-15-10-19(24-2)20(25-3)11-16(15)18(22-23)9-13-4-5-17-14(8-13)6-7-21-17/h4-5,8,10-11,21H,6-7,9,12H2,1-3H3. The summed E-state index contributed by atoms with van der Waals surface area (Å²) in [6.07, 6.45) is 1.90. The molecule has 2 aliphatic heterocycles. The van der Waals surface area contributed by atoms with Gasteiger partial charge in [-0.15, -0.1) is 0 Å². The lowest BCUT2D eigenvalue weighted by Gasteiger charge is -2.25. The summed E-state index contributed by atoms with van der Waals surface area (Å²) in [5.74, 6) is 1.51. The number of anilines is 1. The van der Waals surface area contributed by atoms with Gasteiger partial charge in [0.25, 0.3) is 0 Å². The van der Waals surface area contributed by atoms with Gasteiger partial charge in [-0.25, -0.2) is 0 Å². The maximum atomic E-state index is 5.49. The van der Waals surface area contributed by atoms with Crippen molar-refractivity contribution < 1.29 is 9.47 Å². The Bertz CT molecular complexity index is 845. The second-order valence-corrected chi connectivity index (χ2v) is 6.57. The number of nitrogens with one attached hydrogen (secondary N) is 1. The van der Waals surface area contributed by atoms with Gasteiger partial charge in [0.05, 0.1) is 26.5 Å². The maximum absolute atomic E-state index is 5.49. The number of methoxy groups -OCH3 is 2. The predicted octanol–water partition coefficient (Wildman–Crippen LogP) is 3.06. The number of ether oxygens (including phenoxy) is 2. The summed E-state index contributed by atoms with van der Waals surface area (Å²) in [6.45, 7) is 1.80. The van der Waals surface area contributed by atoms with E-state index in [9.17, 15) is 0 Å². The number of hydrogen-bond acceptors (Lipinski definition) is 5. The van der Waals surface area contributed by atoms with E-state index in [1.165, 1.54) is 22.4 Å². The van der Waals surface area contributed by atoms with Gasteiger partial charge in [0, 0.05) is 31.3 Å². The SMILES string of the molecule is COc1cc2c(cc1OC)C(Cc1ccc3c(c1)CCN3)=NN(C)C2. The van der Waals surface area contributed by atoms with Crippen molar-refractivity contribution in [1.29, 1.82) is 0 Å². The van der Waals surface area contributed by atoms with Crippen LogP contribution in [0.4, 0.5) is 5.69 Å². The first kappa shape index (κ1) is 15.8. The fourth-order valence-electron chi connectivity index (χ4n) is 3.65. The topological polar surface area (TPSA) is 46.1 Å². The molecule has 4 rings (SSSR count). The molecule has 0 atom stereocenters. The predicted molar refractivity (Wildman–Crippen MR) is 99.9 cm³/mol. The number of hydrogen-bond donors (Lipinski definition) is 1. The fraction of sp³-hybridized carbons (Fsp3) is 0.350. The molecule has 0 saturated heterocycles. The van der Waals surface area contributed by atoms with Crippen LogP contribution in [0.15, 0.2) is 35.4 Å². The zero-order chi connectivity index (χ0) is 17.4. The first-order valence-electron chi connectivity index (χ1n) is 8.57. The highest BCUT2D eigenvalue weighted by Gasteiger charge is 2.21. The Morgan fingerprint density at radius 2 is 1.88 bits per heavy atom. The molecule has 0 saturated carbocycles. The minimum Gasteiger partial charge on any atom is -0.493 e. The van der Waals surface area contributed by atoms with Crippen molar-refractivity contribution in [3.8, 4) is 11.5 Å². The first-order chi connectivity index (χ1) is 12.2. The van der Waals surface area contributed by atoms with Gasteiger partial charge in [-0.05, 0) is 41.3 Å². The summed E-state index contributed by atoms with van der Waals surface area (Å²) in [6, 6.07) is 10.8. The molecular formula is C20H23N3O2. The van der Waals surface area contributed by atoms with Crippen LogP contribution in [0.25, 0.3) is 0 Å². The number of nitrogens with zero attached hydrogens (tertiary/aromatic N) is 2. The van der Waals surface area contributed by atoms with E-state index in [1.54, 1.807) is 14.2 Å². The lowest BCUT2D eigenvalue weighted by atomic mass is 9.94. The third-order valence-electron chi connectivity index (χ3n) is 4.86. The van der Waals surface area contributed by atoms with Gasteiger partial charge in [0.15, 0.2) is 11.5 Å². The molecule has 0 unspecified atom stereocenters. The van der Waals surface area contributed by atoms with Crippen LogP contribution in [0.2, 0.25) is 0 Å². The molecule has 5 nitrogen and oxygen atoms in total. The van der Waals surface area contributed by atoms with Crippen LogP contribution in [0, 0.1) is 0 Å². The molecule has 0 aromatic heterocycles. The summed E-state index contributed by atoms with van der Waals surface area (Å²) in [5.41, 5.74) is 7.38. The van der Waals surface area contributed by atoms with E-state index in [2.05, 4.69) is 35.6 Å². The molecule has 5 heteroatoms. The molecule has 0 bridgehead atoms. The van der Waals surface area contributed by atoms with E-state index in [0.29, 0.717) is 0 Å². The molecular weight excluding hydrogens is 314 g/mol. The van der Waals surface area contributed by atoms with Crippen LogP contribution in [-0.2, 0) is 19.4 Å². The van der Waals surface area contributed by atoms with Crippen molar-refractivity contribution in [2.45, 2.75) is 19.4 Å². The van der Waals surface area contributed by atoms with Crippen molar-refractivity contribution in [1.82, 2.24) is 5.01 Å². The van der Waals surface area contributed by atoms with E-state index < -0.39 is 0 Å². The highest BCUT2D eigenvalue weighted by molar-refractivity contribution is 6.04. The lowest BCUT2D eigenvalue weighted by molar-refractivity contribution is 0.332. The minimum atomic E-state index is 0.747. The van der Waals surface area contributed by atoms with Crippen molar-refractivity contribution >= 4 is 11.4 Å². The Balaban J connectivity index is 1.70. The molecule has 25 heavy (non-hydrogen) atoms. The van der Waals surface area contributed by atoms with Crippen LogP contribution in [0.5, 0.6) is 11.5 Å². The quantitative estimate of drug-likeness (QED) is 0.931. The molecule has 130 valence electrons. The Hall–Kier alpha value is -2.69. The highest BCUT2D eigenvalue weighted by atomic mass is 16.5. The van der Waals surface area contributed by atoms with E-state index in [-0.39, 0.29) is 0 Å². The number of hydrazone groups is 1. The van der Waals surface area contributed by atoms with E-state index in [4.69, 9.17) is 14.6 Å². The summed E-state index contributed by atoms with van der Waals surface area (Å²) in [5, 5.41) is 10.2. The smallest absolute Gasteiger partial charge is 0.161 e. The summed E-state index contributed by atoms with van der Waals surface area (Å²) >= 11 is 0. The van der Waals surface area contributed by atoms with Crippen molar-refractivity contribution in [2.24, 2.45) is 5.10 Å². The van der Waals surface area contributed by atoms with Crippen LogP contribution in [-0.4, -0.2) is 38.5 Å². The molecule has 0 radical (unpaired) electrons. The minimum absolute atomic E-state index is 0.747. The second-order valence-electron chi connectivity index (χ2n) is 6.57. The van der Waals surface area contributed by atoms with Gasteiger partial charge in [0.1, 0.15) is 0 Å². The molecule has 2 heterocycles. The van der Waals surface area contributed by atoms with E-state index >= 15 is 0 Å². The third kappa shape index (κ3) is 2.90. The van der Waals surface area contributed by atoms with Gasteiger partial charge in [0.2, 0.25) is 0 Å². The van der Waals surface area contributed by atoms with Gasteiger partial charge >= 0.3 is 0 Å². The maximum Gasteiger partial charge on any atom is 0.161 e. The van der Waals surface area contributed by atoms with E-state index in [1.807, 2.05) is 12.1 Å². The van der Waals surface area contributed by atoms with Gasteiger partial charge in [-0.1, -0.05) is 12.1 Å². The van der Waals surface area contributed by atoms with Gasteiger partial charge < -0.3 is 14.8 Å². The fourth-order valence-corrected chi connectivity index (χ4v) is 3.65. The lowest BCUT2D eigenvalue weighted by Crippen LogP contribution is -2.24. The van der Waals surface area contributed by atoms with Crippen molar-refractivity contribution in [3.63, 3.8) is 0 Å². The van der Waals surface area contributed by atoms with Crippen molar-refractivity contribution in [2.75, 3.05) is 33.1 Å². The summed E-state index contributed by atoms with van der Waals surface area (Å²) < 4.78 is 10.9. The number of benzene rings is 2. The number of rotatable bonds is 4. The monoisotopic (exact) mass is 337 g/mol. The first-order valence-corrected chi connectivity index (χ1v) is 8.57. The number of fused-ring (bicyclic) bond motifs is 2. The molecule has 0 amide bonds. The summed E-state index contributed by atoms with van der Waals surface area (Å²) in [4.78, 5) is 0. The molecule has 2 aromatic carbocycles. The average Bonchev–Trinajstić information content (AvgIpc) is 3.08. The van der Waals surface area contributed by atoms with Gasteiger partial charge in [-0.2, -0.15) is 5.10 Å². The molecule has 0 fully saturated rings. The van der Waals surface area contributed by atoms with Crippen LogP contribution < -0.4 is 14.8 Å². The van der Waals surface area contributed by atoms with Crippen LogP contribution in [0.1, 0.15) is 22.3 Å². The highest BCUT2D eigenvalue weighted by Crippen LogP contribution is 2.34. The second kappa shape index (κ2) is 6.31. The Morgan fingerprint density at radius 3 is 2.68 bits per heavy atom. The molecule has 1 N–H and O–H groups in total. The normalized spacial score (nSPS) is 15.2. The van der Waals surface area contributed by atoms with Gasteiger partial charge in [-0.3, -0.25) is 5.01 Å². The third-order valence-corrected chi connectivity index (χ3v) is 4.86. The average molecular weight is 337 g/mol.